The van der Waals surface area contributed by atoms with Crippen molar-refractivity contribution in [1.82, 2.24) is 9.88 Å². The summed E-state index contributed by atoms with van der Waals surface area (Å²) >= 11 is 0. The van der Waals surface area contributed by atoms with Gasteiger partial charge in [0.1, 0.15) is 0 Å². The summed E-state index contributed by atoms with van der Waals surface area (Å²) in [5.74, 6) is 0. The maximum absolute atomic E-state index is 6.07. The molecule has 1 aromatic heterocycles. The zero-order valence-electron chi connectivity index (χ0n) is 11.6. The number of nitrogen functional groups attached to an aromatic ring is 1. The van der Waals surface area contributed by atoms with E-state index in [1.54, 1.807) is 0 Å². The van der Waals surface area contributed by atoms with Gasteiger partial charge in [-0.15, -0.1) is 0 Å². The molecule has 3 heterocycles. The average molecular weight is 268 g/mol. The summed E-state index contributed by atoms with van der Waals surface area (Å²) in [6.07, 6.45) is 4.53. The molecule has 20 heavy (non-hydrogen) atoms. The van der Waals surface area contributed by atoms with Gasteiger partial charge in [0.05, 0.1) is 11.2 Å². The lowest BCUT2D eigenvalue weighted by atomic mass is 10.1. The Kier molecular flexibility index (Phi) is 2.77. The fraction of sp³-hybridized carbons (Fsp3) is 0.438. The van der Waals surface area contributed by atoms with Crippen molar-refractivity contribution in [3.05, 3.63) is 30.5 Å². The molecule has 0 bridgehead atoms. The predicted octanol–water partition coefficient (Wildman–Crippen LogP) is 2.10. The van der Waals surface area contributed by atoms with Gasteiger partial charge in [-0.3, -0.25) is 9.88 Å². The minimum absolute atomic E-state index is 0.722. The Balaban J connectivity index is 1.73. The summed E-state index contributed by atoms with van der Waals surface area (Å²) in [5, 5.41) is 1.07. The van der Waals surface area contributed by atoms with Gasteiger partial charge in [0.25, 0.3) is 0 Å². The maximum atomic E-state index is 6.07. The third-order valence-corrected chi connectivity index (χ3v) is 4.71. The summed E-state index contributed by atoms with van der Waals surface area (Å²) in [4.78, 5) is 9.68. The van der Waals surface area contributed by atoms with Crippen LogP contribution in [0.5, 0.6) is 0 Å². The minimum Gasteiger partial charge on any atom is -0.398 e. The first-order valence-electron chi connectivity index (χ1n) is 7.45. The van der Waals surface area contributed by atoms with Crippen molar-refractivity contribution in [3.63, 3.8) is 0 Å². The van der Waals surface area contributed by atoms with Gasteiger partial charge in [-0.05, 0) is 43.7 Å². The van der Waals surface area contributed by atoms with Crippen LogP contribution in [0, 0.1) is 0 Å². The van der Waals surface area contributed by atoms with Gasteiger partial charge in [-0.25, -0.2) is 0 Å². The topological polar surface area (TPSA) is 45.4 Å². The Hall–Kier alpha value is -1.81. The summed E-state index contributed by atoms with van der Waals surface area (Å²) in [6, 6.07) is 8.89. The Morgan fingerprint density at radius 1 is 1.15 bits per heavy atom. The number of rotatable bonds is 1. The van der Waals surface area contributed by atoms with E-state index in [0.29, 0.717) is 0 Å². The molecule has 1 aromatic carbocycles. The highest BCUT2D eigenvalue weighted by Gasteiger charge is 2.31. The second kappa shape index (κ2) is 4.63. The van der Waals surface area contributed by atoms with Gasteiger partial charge in [-0.1, -0.05) is 0 Å². The van der Waals surface area contributed by atoms with Gasteiger partial charge in [0.2, 0.25) is 0 Å². The van der Waals surface area contributed by atoms with Gasteiger partial charge in [0.15, 0.2) is 0 Å². The van der Waals surface area contributed by atoms with E-state index in [1.807, 2.05) is 18.3 Å². The first kappa shape index (κ1) is 12.0. The van der Waals surface area contributed by atoms with Crippen LogP contribution in [0.15, 0.2) is 30.5 Å². The Morgan fingerprint density at radius 2 is 2.10 bits per heavy atom. The minimum atomic E-state index is 0.722. The Labute approximate surface area is 119 Å². The lowest BCUT2D eigenvalue weighted by Crippen LogP contribution is -2.50. The van der Waals surface area contributed by atoms with Crippen molar-refractivity contribution < 1.29 is 0 Å². The number of nitrogens with two attached hydrogens (primary N) is 1. The number of nitrogens with zero attached hydrogens (tertiary/aromatic N) is 3. The number of hydrogen-bond acceptors (Lipinski definition) is 4. The molecule has 0 radical (unpaired) electrons. The van der Waals surface area contributed by atoms with E-state index >= 15 is 0 Å². The van der Waals surface area contributed by atoms with Crippen molar-refractivity contribution in [2.24, 2.45) is 0 Å². The first-order chi connectivity index (χ1) is 9.83. The zero-order chi connectivity index (χ0) is 13.5. The molecular weight excluding hydrogens is 248 g/mol. The highest BCUT2D eigenvalue weighted by atomic mass is 15.3. The lowest BCUT2D eigenvalue weighted by molar-refractivity contribution is 0.231. The molecule has 0 spiro atoms. The molecule has 2 aromatic rings. The van der Waals surface area contributed by atoms with Crippen molar-refractivity contribution in [1.29, 1.82) is 0 Å². The number of anilines is 2. The summed E-state index contributed by atoms with van der Waals surface area (Å²) in [5.41, 5.74) is 9.17. The fourth-order valence-corrected chi connectivity index (χ4v) is 3.64. The molecule has 0 saturated carbocycles. The van der Waals surface area contributed by atoms with Gasteiger partial charge in [-0.2, -0.15) is 0 Å². The van der Waals surface area contributed by atoms with Gasteiger partial charge >= 0.3 is 0 Å². The van der Waals surface area contributed by atoms with E-state index in [4.69, 9.17) is 5.73 Å². The lowest BCUT2D eigenvalue weighted by Gasteiger charge is -2.39. The van der Waals surface area contributed by atoms with Crippen LogP contribution >= 0.6 is 0 Å². The molecule has 4 nitrogen and oxygen atoms in total. The van der Waals surface area contributed by atoms with Gasteiger partial charge < -0.3 is 10.6 Å². The Bertz CT molecular complexity index is 639. The standard InChI is InChI=1S/C16H20N4/c17-14-5-6-15(16-13(14)4-1-7-18-16)20-10-9-19-8-2-3-12(19)11-20/h1,4-7,12H,2-3,8-11,17H2. The SMILES string of the molecule is Nc1ccc(N2CCN3CCCC3C2)c2ncccc12. The molecule has 2 aliphatic heterocycles. The highest BCUT2D eigenvalue weighted by molar-refractivity contribution is 5.98. The third kappa shape index (κ3) is 1.83. The van der Waals surface area contributed by atoms with Crippen LogP contribution in [-0.2, 0) is 0 Å². The van der Waals surface area contributed by atoms with E-state index in [2.05, 4.69) is 26.9 Å². The number of pyridine rings is 1. The second-order valence-electron chi connectivity index (χ2n) is 5.85. The van der Waals surface area contributed by atoms with Crippen LogP contribution in [-0.4, -0.2) is 42.1 Å². The number of piperazine rings is 1. The number of hydrogen-bond donors (Lipinski definition) is 1. The molecule has 2 aliphatic rings. The van der Waals surface area contributed by atoms with E-state index in [-0.39, 0.29) is 0 Å². The van der Waals surface area contributed by atoms with Crippen molar-refractivity contribution in [2.75, 3.05) is 36.8 Å². The highest BCUT2D eigenvalue weighted by Crippen LogP contribution is 2.32. The fourth-order valence-electron chi connectivity index (χ4n) is 3.64. The van der Waals surface area contributed by atoms with E-state index in [0.717, 1.165) is 35.7 Å². The summed E-state index contributed by atoms with van der Waals surface area (Å²) < 4.78 is 0. The van der Waals surface area contributed by atoms with Crippen LogP contribution in [0.3, 0.4) is 0 Å². The Morgan fingerprint density at radius 3 is 3.05 bits per heavy atom. The number of fused-ring (bicyclic) bond motifs is 2. The predicted molar refractivity (Wildman–Crippen MR) is 83.0 cm³/mol. The quantitative estimate of drug-likeness (QED) is 0.805. The van der Waals surface area contributed by atoms with Crippen molar-refractivity contribution in [3.8, 4) is 0 Å². The second-order valence-corrected chi connectivity index (χ2v) is 5.85. The van der Waals surface area contributed by atoms with Crippen LogP contribution in [0.4, 0.5) is 11.4 Å². The summed E-state index contributed by atoms with van der Waals surface area (Å²) in [7, 11) is 0. The van der Waals surface area contributed by atoms with Crippen LogP contribution in [0.2, 0.25) is 0 Å². The first-order valence-corrected chi connectivity index (χ1v) is 7.45. The molecule has 4 heteroatoms. The van der Waals surface area contributed by atoms with Crippen LogP contribution in [0.25, 0.3) is 10.9 Å². The molecule has 0 aliphatic carbocycles. The molecule has 2 fully saturated rings. The maximum Gasteiger partial charge on any atom is 0.0955 e. The number of benzene rings is 1. The molecule has 4 rings (SSSR count). The van der Waals surface area contributed by atoms with Crippen LogP contribution < -0.4 is 10.6 Å². The van der Waals surface area contributed by atoms with Crippen molar-refractivity contribution >= 4 is 22.3 Å². The van der Waals surface area contributed by atoms with E-state index in [1.165, 1.54) is 31.6 Å². The third-order valence-electron chi connectivity index (χ3n) is 4.71. The molecular formula is C16H20N4. The molecule has 0 amide bonds. The summed E-state index contributed by atoms with van der Waals surface area (Å²) in [6.45, 7) is 4.66. The largest absolute Gasteiger partial charge is 0.398 e. The van der Waals surface area contributed by atoms with E-state index in [9.17, 15) is 0 Å². The van der Waals surface area contributed by atoms with E-state index < -0.39 is 0 Å². The van der Waals surface area contributed by atoms with Gasteiger partial charge in [0, 0.05) is 42.9 Å². The normalized spacial score (nSPS) is 23.2. The molecule has 2 saturated heterocycles. The smallest absolute Gasteiger partial charge is 0.0955 e. The molecule has 1 unspecified atom stereocenters. The molecule has 104 valence electrons. The number of aromatic nitrogens is 1. The molecule has 2 N–H and O–H groups in total. The van der Waals surface area contributed by atoms with Crippen molar-refractivity contribution in [2.45, 2.75) is 18.9 Å². The van der Waals surface area contributed by atoms with Crippen LogP contribution in [0.1, 0.15) is 12.8 Å². The monoisotopic (exact) mass is 268 g/mol. The molecule has 1 atom stereocenters. The average Bonchev–Trinajstić information content (AvgIpc) is 2.95. The zero-order valence-corrected chi connectivity index (χ0v) is 11.6.